The number of carbonyl (C=O) groups is 2. The van der Waals surface area contributed by atoms with Crippen molar-refractivity contribution in [1.29, 1.82) is 0 Å². The van der Waals surface area contributed by atoms with Crippen LogP contribution < -0.4 is 11.1 Å². The van der Waals surface area contributed by atoms with Gasteiger partial charge in [0.25, 0.3) is 5.91 Å². The topological polar surface area (TPSA) is 77.1 Å². The minimum absolute atomic E-state index is 0.312. The SMILES string of the molecule is Cn1c(C(=O)N[C@@H](Cc2ccccc2)C(N)=O)cc2ccccc21. The number of para-hydroxylation sites is 1. The van der Waals surface area contributed by atoms with E-state index in [1.165, 1.54) is 0 Å². The van der Waals surface area contributed by atoms with Gasteiger partial charge >= 0.3 is 0 Å². The molecule has 122 valence electrons. The van der Waals surface area contributed by atoms with Gasteiger partial charge in [-0.3, -0.25) is 9.59 Å². The van der Waals surface area contributed by atoms with Crippen LogP contribution in [-0.2, 0) is 18.3 Å². The summed E-state index contributed by atoms with van der Waals surface area (Å²) in [6, 6.07) is 18.3. The van der Waals surface area contributed by atoms with Crippen molar-refractivity contribution in [3.8, 4) is 0 Å². The zero-order valence-electron chi connectivity index (χ0n) is 13.4. The van der Waals surface area contributed by atoms with Gasteiger partial charge in [-0.1, -0.05) is 48.5 Å². The highest BCUT2D eigenvalue weighted by Crippen LogP contribution is 2.18. The van der Waals surface area contributed by atoms with Crippen molar-refractivity contribution in [2.75, 3.05) is 0 Å². The molecule has 0 aliphatic heterocycles. The van der Waals surface area contributed by atoms with E-state index in [2.05, 4.69) is 5.32 Å². The van der Waals surface area contributed by atoms with Crippen molar-refractivity contribution < 1.29 is 9.59 Å². The normalized spacial score (nSPS) is 12.0. The van der Waals surface area contributed by atoms with Crippen LogP contribution >= 0.6 is 0 Å². The zero-order chi connectivity index (χ0) is 17.1. The first-order chi connectivity index (χ1) is 11.6. The third-order valence-electron chi connectivity index (χ3n) is 4.12. The number of carbonyl (C=O) groups excluding carboxylic acids is 2. The Kier molecular flexibility index (Phi) is 4.33. The Labute approximate surface area is 140 Å². The smallest absolute Gasteiger partial charge is 0.268 e. The summed E-state index contributed by atoms with van der Waals surface area (Å²) in [5.41, 5.74) is 7.86. The number of benzene rings is 2. The highest BCUT2D eigenvalue weighted by atomic mass is 16.2. The van der Waals surface area contributed by atoms with E-state index in [1.54, 1.807) is 0 Å². The summed E-state index contributed by atoms with van der Waals surface area (Å²) in [5, 5.41) is 3.72. The summed E-state index contributed by atoms with van der Waals surface area (Å²) in [5.74, 6) is -0.862. The molecule has 5 nitrogen and oxygen atoms in total. The van der Waals surface area contributed by atoms with E-state index in [0.717, 1.165) is 16.5 Å². The van der Waals surface area contributed by atoms with E-state index in [0.29, 0.717) is 12.1 Å². The molecule has 0 aliphatic rings. The summed E-state index contributed by atoms with van der Waals surface area (Å²) in [6.07, 6.45) is 0.367. The van der Waals surface area contributed by atoms with Crippen molar-refractivity contribution in [2.24, 2.45) is 12.8 Å². The first kappa shape index (κ1) is 15.8. The summed E-state index contributed by atoms with van der Waals surface area (Å²) >= 11 is 0. The van der Waals surface area contributed by atoms with Crippen LogP contribution in [0.2, 0.25) is 0 Å². The van der Waals surface area contributed by atoms with Gasteiger partial charge < -0.3 is 15.6 Å². The van der Waals surface area contributed by atoms with Gasteiger partial charge in [0.15, 0.2) is 0 Å². The second-order valence-corrected chi connectivity index (χ2v) is 5.77. The maximum atomic E-state index is 12.6. The van der Waals surface area contributed by atoms with E-state index < -0.39 is 11.9 Å². The Hall–Kier alpha value is -3.08. The van der Waals surface area contributed by atoms with Gasteiger partial charge in [-0.25, -0.2) is 0 Å². The molecular formula is C19H19N3O2. The maximum absolute atomic E-state index is 12.6. The molecule has 0 radical (unpaired) electrons. The molecule has 0 saturated heterocycles. The van der Waals surface area contributed by atoms with Crippen LogP contribution in [0.5, 0.6) is 0 Å². The fourth-order valence-electron chi connectivity index (χ4n) is 2.81. The van der Waals surface area contributed by atoms with Crippen molar-refractivity contribution in [1.82, 2.24) is 9.88 Å². The molecule has 3 aromatic rings. The second kappa shape index (κ2) is 6.58. The molecule has 0 unspecified atom stereocenters. The number of rotatable bonds is 5. The molecule has 2 amide bonds. The van der Waals surface area contributed by atoms with E-state index >= 15 is 0 Å². The van der Waals surface area contributed by atoms with Gasteiger partial charge in [0, 0.05) is 24.4 Å². The van der Waals surface area contributed by atoms with Gasteiger partial charge in [-0.2, -0.15) is 0 Å². The molecule has 3 N–H and O–H groups in total. The summed E-state index contributed by atoms with van der Waals surface area (Å²) in [7, 11) is 1.83. The van der Waals surface area contributed by atoms with Crippen molar-refractivity contribution in [3.05, 3.63) is 71.9 Å². The summed E-state index contributed by atoms with van der Waals surface area (Å²) < 4.78 is 1.81. The number of nitrogens with two attached hydrogens (primary N) is 1. The minimum atomic E-state index is -0.752. The molecule has 1 aromatic heterocycles. The number of amides is 2. The number of primary amides is 1. The molecule has 5 heteroatoms. The Morgan fingerprint density at radius 2 is 1.75 bits per heavy atom. The van der Waals surface area contributed by atoms with Crippen LogP contribution in [0.3, 0.4) is 0 Å². The molecule has 2 aromatic carbocycles. The largest absolute Gasteiger partial charge is 0.368 e. The van der Waals surface area contributed by atoms with Gasteiger partial charge in [-0.15, -0.1) is 0 Å². The zero-order valence-corrected chi connectivity index (χ0v) is 13.4. The lowest BCUT2D eigenvalue weighted by atomic mass is 10.1. The van der Waals surface area contributed by atoms with Crippen LogP contribution in [0.15, 0.2) is 60.7 Å². The third-order valence-corrected chi connectivity index (χ3v) is 4.12. The second-order valence-electron chi connectivity index (χ2n) is 5.77. The molecule has 1 heterocycles. The average molecular weight is 321 g/mol. The number of aryl methyl sites for hydroxylation is 1. The van der Waals surface area contributed by atoms with E-state index in [9.17, 15) is 9.59 Å². The van der Waals surface area contributed by atoms with E-state index in [4.69, 9.17) is 5.73 Å². The predicted octanol–water partition coefficient (Wildman–Crippen LogP) is 2.00. The standard InChI is InChI=1S/C19H19N3O2/c1-22-16-10-6-5-9-14(16)12-17(22)19(24)21-15(18(20)23)11-13-7-3-2-4-8-13/h2-10,12,15H,11H2,1H3,(H2,20,23)(H,21,24)/t15-/m0/s1. The lowest BCUT2D eigenvalue weighted by Crippen LogP contribution is -2.46. The molecule has 0 saturated carbocycles. The van der Waals surface area contributed by atoms with Gasteiger partial charge in [0.2, 0.25) is 5.91 Å². The Morgan fingerprint density at radius 1 is 1.08 bits per heavy atom. The third kappa shape index (κ3) is 3.15. The first-order valence-electron chi connectivity index (χ1n) is 7.75. The fourth-order valence-corrected chi connectivity index (χ4v) is 2.81. The van der Waals surface area contributed by atoms with Gasteiger partial charge in [0.1, 0.15) is 11.7 Å². The number of hydrogen-bond donors (Lipinski definition) is 2. The van der Waals surface area contributed by atoms with Crippen molar-refractivity contribution in [2.45, 2.75) is 12.5 Å². The number of nitrogens with one attached hydrogen (secondary N) is 1. The highest BCUT2D eigenvalue weighted by molar-refractivity contribution is 6.00. The lowest BCUT2D eigenvalue weighted by Gasteiger charge is -2.16. The molecule has 0 bridgehead atoms. The number of fused-ring (bicyclic) bond motifs is 1. The van der Waals surface area contributed by atoms with Gasteiger partial charge in [0.05, 0.1) is 0 Å². The van der Waals surface area contributed by atoms with Crippen LogP contribution in [0.4, 0.5) is 0 Å². The van der Waals surface area contributed by atoms with Crippen LogP contribution in [0.25, 0.3) is 10.9 Å². The highest BCUT2D eigenvalue weighted by Gasteiger charge is 2.21. The molecule has 0 fully saturated rings. The average Bonchev–Trinajstić information content (AvgIpc) is 2.92. The Morgan fingerprint density at radius 3 is 2.42 bits per heavy atom. The molecular weight excluding hydrogens is 302 g/mol. The predicted molar refractivity (Wildman–Crippen MR) is 93.5 cm³/mol. The van der Waals surface area contributed by atoms with E-state index in [-0.39, 0.29) is 5.91 Å². The number of aromatic nitrogens is 1. The molecule has 0 aliphatic carbocycles. The summed E-state index contributed by atoms with van der Waals surface area (Å²) in [4.78, 5) is 24.3. The lowest BCUT2D eigenvalue weighted by molar-refractivity contribution is -0.119. The van der Waals surface area contributed by atoms with Crippen LogP contribution in [0.1, 0.15) is 16.1 Å². The van der Waals surface area contributed by atoms with Crippen LogP contribution in [-0.4, -0.2) is 22.4 Å². The number of nitrogens with zero attached hydrogens (tertiary/aromatic N) is 1. The van der Waals surface area contributed by atoms with E-state index in [1.807, 2.05) is 72.3 Å². The monoisotopic (exact) mass is 321 g/mol. The maximum Gasteiger partial charge on any atom is 0.268 e. The van der Waals surface area contributed by atoms with Crippen molar-refractivity contribution >= 4 is 22.7 Å². The summed E-state index contributed by atoms with van der Waals surface area (Å²) in [6.45, 7) is 0. The minimum Gasteiger partial charge on any atom is -0.368 e. The van der Waals surface area contributed by atoms with Crippen molar-refractivity contribution in [3.63, 3.8) is 0 Å². The Balaban J connectivity index is 1.82. The molecule has 3 rings (SSSR count). The van der Waals surface area contributed by atoms with Gasteiger partial charge in [-0.05, 0) is 17.7 Å². The van der Waals surface area contributed by atoms with Crippen LogP contribution in [0, 0.1) is 0 Å². The first-order valence-corrected chi connectivity index (χ1v) is 7.75. The Bertz CT molecular complexity index is 884. The fraction of sp³-hybridized carbons (Fsp3) is 0.158. The molecule has 24 heavy (non-hydrogen) atoms. The molecule has 1 atom stereocenters. The number of hydrogen-bond acceptors (Lipinski definition) is 2. The molecule has 0 spiro atoms. The quantitative estimate of drug-likeness (QED) is 0.754.